The molecule has 0 bridgehead atoms. The number of hydrogen-bond donors (Lipinski definition) is 2. The van der Waals surface area contributed by atoms with Gasteiger partial charge in [-0.2, -0.15) is 18.3 Å². The zero-order valence-electron chi connectivity index (χ0n) is 15.3. The Morgan fingerprint density at radius 1 is 1.17 bits per heavy atom. The number of rotatable bonds is 6. The summed E-state index contributed by atoms with van der Waals surface area (Å²) in [5, 5.41) is 9.57. The zero-order chi connectivity index (χ0) is 21.0. The normalized spacial score (nSPS) is 11.3. The monoisotopic (exact) mass is 423 g/mol. The van der Waals surface area contributed by atoms with Crippen LogP contribution in [0.2, 0.25) is 5.02 Å². The van der Waals surface area contributed by atoms with Gasteiger partial charge in [0.1, 0.15) is 5.82 Å². The van der Waals surface area contributed by atoms with E-state index in [0.717, 1.165) is 17.4 Å². The quantitative estimate of drug-likeness (QED) is 0.586. The van der Waals surface area contributed by atoms with E-state index in [1.165, 1.54) is 0 Å². The highest BCUT2D eigenvalue weighted by atomic mass is 35.5. The van der Waals surface area contributed by atoms with E-state index in [-0.39, 0.29) is 29.8 Å². The van der Waals surface area contributed by atoms with Gasteiger partial charge in [0.2, 0.25) is 0 Å². The summed E-state index contributed by atoms with van der Waals surface area (Å²) >= 11 is 5.82. The lowest BCUT2D eigenvalue weighted by Crippen LogP contribution is -2.29. The predicted octanol–water partition coefficient (Wildman–Crippen LogP) is 4.09. The third kappa shape index (κ3) is 5.05. The molecule has 2 heterocycles. The van der Waals surface area contributed by atoms with Crippen LogP contribution in [0.5, 0.6) is 0 Å². The Bertz CT molecular complexity index is 1000. The molecule has 10 heteroatoms. The van der Waals surface area contributed by atoms with E-state index in [0.29, 0.717) is 11.8 Å². The van der Waals surface area contributed by atoms with E-state index in [2.05, 4.69) is 20.7 Å². The molecule has 0 aliphatic carbocycles. The topological polar surface area (TPSA) is 71.8 Å². The minimum atomic E-state index is -4.51. The minimum Gasteiger partial charge on any atom is -0.367 e. The van der Waals surface area contributed by atoms with Gasteiger partial charge in [-0.1, -0.05) is 11.6 Å². The number of halogens is 4. The van der Waals surface area contributed by atoms with Crippen LogP contribution in [0.15, 0.2) is 48.8 Å². The Morgan fingerprint density at radius 3 is 2.48 bits per heavy atom. The molecular weight excluding hydrogens is 407 g/mol. The summed E-state index contributed by atoms with van der Waals surface area (Å²) in [5.74, 6) is -0.158. The van der Waals surface area contributed by atoms with Crippen molar-refractivity contribution in [3.05, 3.63) is 70.6 Å². The van der Waals surface area contributed by atoms with E-state index >= 15 is 0 Å². The Labute approximate surface area is 169 Å². The van der Waals surface area contributed by atoms with Gasteiger partial charge in [-0.25, -0.2) is 9.67 Å². The predicted molar refractivity (Wildman–Crippen MR) is 103 cm³/mol. The van der Waals surface area contributed by atoms with E-state index in [9.17, 15) is 18.0 Å². The van der Waals surface area contributed by atoms with Crippen LogP contribution in [0.4, 0.5) is 19.0 Å². The molecule has 0 atom stereocenters. The fourth-order valence-corrected chi connectivity index (χ4v) is 2.81. The van der Waals surface area contributed by atoms with Crippen LogP contribution in [0, 0.1) is 6.92 Å². The molecule has 0 radical (unpaired) electrons. The second-order valence-electron chi connectivity index (χ2n) is 6.17. The molecule has 6 nitrogen and oxygen atoms in total. The van der Waals surface area contributed by atoms with E-state index in [1.54, 1.807) is 35.1 Å². The zero-order valence-corrected chi connectivity index (χ0v) is 16.1. The largest absolute Gasteiger partial charge is 0.417 e. The third-order valence-corrected chi connectivity index (χ3v) is 4.37. The highest BCUT2D eigenvalue weighted by molar-refractivity contribution is 6.32. The molecule has 0 unspecified atom stereocenters. The second kappa shape index (κ2) is 8.52. The smallest absolute Gasteiger partial charge is 0.367 e. The first-order chi connectivity index (χ1) is 13.8. The lowest BCUT2D eigenvalue weighted by atomic mass is 10.2. The summed E-state index contributed by atoms with van der Waals surface area (Å²) in [4.78, 5) is 15.9. The van der Waals surface area contributed by atoms with Crippen molar-refractivity contribution in [3.8, 4) is 5.69 Å². The number of benzene rings is 1. The number of carbonyl (C=O) groups excluding carboxylic acids is 1. The Morgan fingerprint density at radius 2 is 1.90 bits per heavy atom. The number of hydrogen-bond acceptors (Lipinski definition) is 4. The van der Waals surface area contributed by atoms with Crippen molar-refractivity contribution < 1.29 is 18.0 Å². The molecule has 3 rings (SSSR count). The lowest BCUT2D eigenvalue weighted by Gasteiger charge is -2.11. The van der Waals surface area contributed by atoms with Crippen LogP contribution in [0.3, 0.4) is 0 Å². The fraction of sp³-hybridized carbons (Fsp3) is 0.211. The van der Waals surface area contributed by atoms with Crippen molar-refractivity contribution in [1.82, 2.24) is 20.1 Å². The van der Waals surface area contributed by atoms with Gasteiger partial charge < -0.3 is 10.6 Å². The SMILES string of the molecule is Cc1ccnn1-c1ccc(C(=O)NCCNc2ncc(C(F)(F)F)cc2Cl)cc1. The number of aryl methyl sites for hydroxylation is 1. The molecule has 0 saturated carbocycles. The van der Waals surface area contributed by atoms with Crippen molar-refractivity contribution in [3.63, 3.8) is 0 Å². The second-order valence-corrected chi connectivity index (χ2v) is 6.57. The van der Waals surface area contributed by atoms with E-state index in [1.807, 2.05) is 13.0 Å². The summed E-state index contributed by atoms with van der Waals surface area (Å²) in [5.41, 5.74) is 1.37. The van der Waals surface area contributed by atoms with Crippen LogP contribution >= 0.6 is 11.6 Å². The molecule has 1 amide bonds. The first-order valence-electron chi connectivity index (χ1n) is 8.61. The maximum atomic E-state index is 12.6. The standard InChI is InChI=1S/C19H17ClF3N5O/c1-12-6-7-27-28(12)15-4-2-13(3-5-15)18(29)25-9-8-24-17-16(20)10-14(11-26-17)19(21,22)23/h2-7,10-11H,8-9H2,1H3,(H,24,26)(H,25,29). The maximum Gasteiger partial charge on any atom is 0.417 e. The van der Waals surface area contributed by atoms with Crippen molar-refractivity contribution in [2.24, 2.45) is 0 Å². The van der Waals surface area contributed by atoms with Crippen molar-refractivity contribution in [1.29, 1.82) is 0 Å². The molecule has 2 N–H and O–H groups in total. The molecule has 0 saturated heterocycles. The number of nitrogens with zero attached hydrogens (tertiary/aromatic N) is 3. The van der Waals surface area contributed by atoms with E-state index < -0.39 is 11.7 Å². The highest BCUT2D eigenvalue weighted by Gasteiger charge is 2.31. The fourth-order valence-electron chi connectivity index (χ4n) is 2.58. The van der Waals surface area contributed by atoms with Crippen LogP contribution < -0.4 is 10.6 Å². The van der Waals surface area contributed by atoms with Gasteiger partial charge >= 0.3 is 6.18 Å². The molecule has 0 spiro atoms. The van der Waals surface area contributed by atoms with Crippen LogP contribution in [-0.2, 0) is 6.18 Å². The molecule has 2 aromatic heterocycles. The first-order valence-corrected chi connectivity index (χ1v) is 8.99. The Balaban J connectivity index is 1.51. The number of alkyl halides is 3. The molecule has 0 fully saturated rings. The number of nitrogens with one attached hydrogen (secondary N) is 2. The Kier molecular flexibility index (Phi) is 6.07. The van der Waals surface area contributed by atoms with Gasteiger partial charge in [0.05, 0.1) is 16.3 Å². The van der Waals surface area contributed by atoms with Crippen LogP contribution in [-0.4, -0.2) is 33.8 Å². The molecule has 152 valence electrons. The molecule has 29 heavy (non-hydrogen) atoms. The third-order valence-electron chi connectivity index (χ3n) is 4.08. The summed E-state index contributed by atoms with van der Waals surface area (Å²) < 4.78 is 39.6. The number of carbonyl (C=O) groups is 1. The summed E-state index contributed by atoms with van der Waals surface area (Å²) in [6.07, 6.45) is -2.11. The van der Waals surface area contributed by atoms with Gasteiger partial charge in [-0.15, -0.1) is 0 Å². The van der Waals surface area contributed by atoms with Crippen molar-refractivity contribution in [2.45, 2.75) is 13.1 Å². The number of amides is 1. The van der Waals surface area contributed by atoms with Gasteiger partial charge in [-0.3, -0.25) is 4.79 Å². The average molecular weight is 424 g/mol. The maximum absolute atomic E-state index is 12.6. The number of pyridine rings is 1. The Hall–Kier alpha value is -3.07. The summed E-state index contributed by atoms with van der Waals surface area (Å²) in [7, 11) is 0. The molecule has 1 aromatic carbocycles. The van der Waals surface area contributed by atoms with Gasteiger partial charge in [-0.05, 0) is 43.3 Å². The molecule has 3 aromatic rings. The molecule has 0 aliphatic heterocycles. The number of anilines is 1. The van der Waals surface area contributed by atoms with Crippen molar-refractivity contribution in [2.75, 3.05) is 18.4 Å². The van der Waals surface area contributed by atoms with Crippen molar-refractivity contribution >= 4 is 23.3 Å². The lowest BCUT2D eigenvalue weighted by molar-refractivity contribution is -0.137. The van der Waals surface area contributed by atoms with Gasteiger partial charge in [0, 0.05) is 36.7 Å². The number of aromatic nitrogens is 3. The van der Waals surface area contributed by atoms with Crippen LogP contribution in [0.1, 0.15) is 21.6 Å². The average Bonchev–Trinajstić information content (AvgIpc) is 3.11. The van der Waals surface area contributed by atoms with Gasteiger partial charge in [0.15, 0.2) is 0 Å². The van der Waals surface area contributed by atoms with E-state index in [4.69, 9.17) is 11.6 Å². The summed E-state index contributed by atoms with van der Waals surface area (Å²) in [6.45, 7) is 2.41. The molecular formula is C19H17ClF3N5O. The first kappa shape index (κ1) is 20.7. The highest BCUT2D eigenvalue weighted by Crippen LogP contribution is 2.32. The van der Waals surface area contributed by atoms with Crippen LogP contribution in [0.25, 0.3) is 5.69 Å². The minimum absolute atomic E-state index is 0.118. The van der Waals surface area contributed by atoms with Gasteiger partial charge in [0.25, 0.3) is 5.91 Å². The molecule has 0 aliphatic rings. The summed E-state index contributed by atoms with van der Waals surface area (Å²) in [6, 6.07) is 9.64.